The zero-order valence-corrected chi connectivity index (χ0v) is 9.68. The van der Waals surface area contributed by atoms with Crippen molar-refractivity contribution in [2.45, 2.75) is 26.2 Å². The van der Waals surface area contributed by atoms with E-state index in [1.807, 2.05) is 20.8 Å². The van der Waals surface area contributed by atoms with Crippen molar-refractivity contribution in [2.24, 2.45) is 0 Å². The first kappa shape index (κ1) is 11.3. The minimum Gasteiger partial charge on any atom is -0.477 e. The molecular formula is C10H12N4O3. The zero-order valence-electron chi connectivity index (χ0n) is 9.68. The second-order valence-corrected chi connectivity index (χ2v) is 4.74. The van der Waals surface area contributed by atoms with Crippen LogP contribution in [0.1, 0.15) is 37.0 Å². The van der Waals surface area contributed by atoms with Crippen LogP contribution in [-0.2, 0) is 5.41 Å². The van der Waals surface area contributed by atoms with Gasteiger partial charge in [-0.15, -0.1) is 0 Å². The Morgan fingerprint density at radius 1 is 1.47 bits per heavy atom. The van der Waals surface area contributed by atoms with E-state index < -0.39 is 11.5 Å². The summed E-state index contributed by atoms with van der Waals surface area (Å²) in [6.45, 7) is 5.63. The van der Waals surface area contributed by atoms with Crippen molar-refractivity contribution >= 4 is 11.7 Å². The van der Waals surface area contributed by atoms with Gasteiger partial charge in [-0.1, -0.05) is 20.8 Å². The summed E-state index contributed by atoms with van der Waals surface area (Å²) in [6, 6.07) is 0. The number of nitrogens with zero attached hydrogens (tertiary/aromatic N) is 3. The van der Waals surface area contributed by atoms with Crippen LogP contribution in [0.3, 0.4) is 0 Å². The van der Waals surface area contributed by atoms with Gasteiger partial charge in [0, 0.05) is 5.41 Å². The van der Waals surface area contributed by atoms with E-state index in [0.29, 0.717) is 5.82 Å². The van der Waals surface area contributed by atoms with Crippen LogP contribution in [0.25, 0.3) is 5.78 Å². The Kier molecular flexibility index (Phi) is 2.27. The van der Waals surface area contributed by atoms with E-state index in [1.165, 1.54) is 4.40 Å². The molecule has 2 aromatic rings. The molecular weight excluding hydrogens is 224 g/mol. The van der Waals surface area contributed by atoms with Crippen LogP contribution in [0, 0.1) is 0 Å². The molecule has 0 aliphatic heterocycles. The smallest absolute Gasteiger partial charge is 0.342 e. The van der Waals surface area contributed by atoms with E-state index in [2.05, 4.69) is 15.2 Å². The Hall–Kier alpha value is -2.18. The number of aromatic carboxylic acids is 1. The zero-order chi connectivity index (χ0) is 12.8. The number of hydrogen-bond donors (Lipinski definition) is 2. The van der Waals surface area contributed by atoms with Gasteiger partial charge in [-0.3, -0.25) is 4.79 Å². The molecule has 0 bridgehead atoms. The van der Waals surface area contributed by atoms with Crippen LogP contribution in [0.5, 0.6) is 0 Å². The number of fused-ring (bicyclic) bond motifs is 1. The highest BCUT2D eigenvalue weighted by Crippen LogP contribution is 2.18. The topological polar surface area (TPSA) is 100 Å². The van der Waals surface area contributed by atoms with Gasteiger partial charge in [0.15, 0.2) is 0 Å². The van der Waals surface area contributed by atoms with Crippen LogP contribution < -0.4 is 5.56 Å². The first-order chi connectivity index (χ1) is 7.82. The fraction of sp³-hybridized carbons (Fsp3) is 0.400. The van der Waals surface area contributed by atoms with E-state index in [-0.39, 0.29) is 16.8 Å². The van der Waals surface area contributed by atoms with Gasteiger partial charge < -0.3 is 5.11 Å². The molecule has 0 radical (unpaired) electrons. The van der Waals surface area contributed by atoms with Crippen LogP contribution >= 0.6 is 0 Å². The summed E-state index contributed by atoms with van der Waals surface area (Å²) in [5, 5.41) is 15.5. The van der Waals surface area contributed by atoms with Crippen molar-refractivity contribution in [3.63, 3.8) is 0 Å². The number of nitrogens with one attached hydrogen (secondary N) is 1. The average Bonchev–Trinajstić information content (AvgIpc) is 2.61. The molecule has 2 heterocycles. The van der Waals surface area contributed by atoms with Crippen molar-refractivity contribution in [1.82, 2.24) is 19.6 Å². The molecule has 0 saturated heterocycles. The maximum Gasteiger partial charge on any atom is 0.342 e. The van der Waals surface area contributed by atoms with Gasteiger partial charge in [0.05, 0.1) is 6.20 Å². The predicted octanol–water partition coefficient (Wildman–Crippen LogP) is 0.413. The van der Waals surface area contributed by atoms with Crippen LogP contribution in [0.4, 0.5) is 0 Å². The molecule has 7 nitrogen and oxygen atoms in total. The molecule has 0 unspecified atom stereocenters. The standard InChI is InChI=1S/C10H12N4O3/c1-10(2,3)8-12-13-9-11-4-5(7(16)17)6(15)14(8)9/h4H,1-3H3,(H,11,13)(H,16,17). The van der Waals surface area contributed by atoms with Crippen molar-refractivity contribution in [2.75, 3.05) is 0 Å². The lowest BCUT2D eigenvalue weighted by Gasteiger charge is -2.14. The van der Waals surface area contributed by atoms with Gasteiger partial charge in [-0.05, 0) is 0 Å². The molecule has 0 aliphatic rings. The summed E-state index contributed by atoms with van der Waals surface area (Å²) >= 11 is 0. The van der Waals surface area contributed by atoms with Gasteiger partial charge in [0.1, 0.15) is 11.4 Å². The highest BCUT2D eigenvalue weighted by atomic mass is 16.4. The van der Waals surface area contributed by atoms with Crippen molar-refractivity contribution in [3.8, 4) is 0 Å². The normalized spacial score (nSPS) is 11.9. The van der Waals surface area contributed by atoms with E-state index in [0.717, 1.165) is 6.20 Å². The molecule has 2 rings (SSSR count). The molecule has 2 N–H and O–H groups in total. The van der Waals surface area contributed by atoms with Gasteiger partial charge in [-0.2, -0.15) is 5.10 Å². The fourth-order valence-electron chi connectivity index (χ4n) is 1.53. The monoisotopic (exact) mass is 236 g/mol. The fourth-order valence-corrected chi connectivity index (χ4v) is 1.53. The Morgan fingerprint density at radius 2 is 2.12 bits per heavy atom. The second-order valence-electron chi connectivity index (χ2n) is 4.74. The Morgan fingerprint density at radius 3 is 2.65 bits per heavy atom. The number of carbonyl (C=O) groups is 1. The Bertz CT molecular complexity index is 648. The Labute approximate surface area is 96.1 Å². The second kappa shape index (κ2) is 3.41. The first-order valence-corrected chi connectivity index (χ1v) is 5.02. The molecule has 0 saturated carbocycles. The van der Waals surface area contributed by atoms with Crippen molar-refractivity contribution in [3.05, 3.63) is 27.9 Å². The number of H-pyrrole nitrogens is 1. The summed E-state index contributed by atoms with van der Waals surface area (Å²) in [7, 11) is 0. The lowest BCUT2D eigenvalue weighted by atomic mass is 9.96. The third-order valence-corrected chi connectivity index (χ3v) is 2.34. The van der Waals surface area contributed by atoms with Crippen LogP contribution in [0.15, 0.2) is 11.0 Å². The first-order valence-electron chi connectivity index (χ1n) is 5.02. The van der Waals surface area contributed by atoms with Crippen molar-refractivity contribution < 1.29 is 9.90 Å². The highest BCUT2D eigenvalue weighted by molar-refractivity contribution is 5.86. The van der Waals surface area contributed by atoms with E-state index >= 15 is 0 Å². The minimum atomic E-state index is -1.29. The quantitative estimate of drug-likeness (QED) is 0.747. The Balaban J connectivity index is 2.88. The van der Waals surface area contributed by atoms with E-state index in [1.54, 1.807) is 0 Å². The van der Waals surface area contributed by atoms with Crippen molar-refractivity contribution in [1.29, 1.82) is 0 Å². The van der Waals surface area contributed by atoms with Gasteiger partial charge >= 0.3 is 5.97 Å². The van der Waals surface area contributed by atoms with E-state index in [4.69, 9.17) is 5.11 Å². The van der Waals surface area contributed by atoms with Crippen LogP contribution in [-0.4, -0.2) is 30.7 Å². The molecule has 0 fully saturated rings. The molecule has 0 aromatic carbocycles. The lowest BCUT2D eigenvalue weighted by molar-refractivity contribution is 0.0694. The third-order valence-electron chi connectivity index (χ3n) is 2.34. The summed E-state index contributed by atoms with van der Waals surface area (Å²) in [5.74, 6) is -0.601. The SMILES string of the molecule is CC(C)(C)c1n[nH]c2ncc(C(=O)O)c(=O)n12. The minimum absolute atomic E-state index is 0.241. The summed E-state index contributed by atoms with van der Waals surface area (Å²) in [4.78, 5) is 26.7. The van der Waals surface area contributed by atoms with Crippen LogP contribution in [0.2, 0.25) is 0 Å². The summed E-state index contributed by atoms with van der Waals surface area (Å²) in [5.41, 5.74) is -1.38. The number of carboxylic acids is 1. The number of aromatic amines is 1. The molecule has 90 valence electrons. The molecule has 0 amide bonds. The maximum atomic E-state index is 12.0. The van der Waals surface area contributed by atoms with Gasteiger partial charge in [0.2, 0.25) is 5.78 Å². The molecule has 2 aromatic heterocycles. The highest BCUT2D eigenvalue weighted by Gasteiger charge is 2.24. The largest absolute Gasteiger partial charge is 0.477 e. The van der Waals surface area contributed by atoms with Gasteiger partial charge in [-0.25, -0.2) is 19.3 Å². The maximum absolute atomic E-state index is 12.0. The number of hydrogen-bond acceptors (Lipinski definition) is 4. The molecule has 0 spiro atoms. The van der Waals surface area contributed by atoms with Gasteiger partial charge in [0.25, 0.3) is 5.56 Å². The molecule has 0 aliphatic carbocycles. The average molecular weight is 236 g/mol. The van der Waals surface area contributed by atoms with E-state index in [9.17, 15) is 9.59 Å². The molecule has 0 atom stereocenters. The summed E-state index contributed by atoms with van der Waals surface area (Å²) < 4.78 is 1.20. The predicted molar refractivity (Wildman–Crippen MR) is 59.3 cm³/mol. The molecule has 7 heteroatoms. The number of rotatable bonds is 1. The number of carboxylic acid groups (broad SMARTS) is 1. The third kappa shape index (κ3) is 1.69. The summed E-state index contributed by atoms with van der Waals surface area (Å²) in [6.07, 6.45) is 1.03. The number of aromatic nitrogens is 4. The lowest BCUT2D eigenvalue weighted by Crippen LogP contribution is -2.27. The molecule has 17 heavy (non-hydrogen) atoms.